The zero-order chi connectivity index (χ0) is 35.1. The predicted octanol–water partition coefficient (Wildman–Crippen LogP) is 6.40. The van der Waals surface area contributed by atoms with Crippen molar-refractivity contribution in [2.24, 2.45) is 0 Å². The third kappa shape index (κ3) is 6.68. The maximum Gasteiger partial charge on any atom is 0.327 e. The molecule has 8 rings (SSSR count). The molecule has 1 atom stereocenters. The molecule has 51 heavy (non-hydrogen) atoms. The number of thioether (sulfide) groups is 1. The van der Waals surface area contributed by atoms with E-state index in [1.54, 1.807) is 23.1 Å². The van der Waals surface area contributed by atoms with Crippen LogP contribution in [-0.4, -0.2) is 81.2 Å². The number of benzene rings is 3. The highest BCUT2D eigenvalue weighted by Crippen LogP contribution is 2.42. The number of carboxylic acids is 1. The highest BCUT2D eigenvalue weighted by molar-refractivity contribution is 7.98. The van der Waals surface area contributed by atoms with Crippen LogP contribution in [0.15, 0.2) is 73.1 Å². The largest absolute Gasteiger partial charge is 0.480 e. The average Bonchev–Trinajstić information content (AvgIpc) is 3.91. The number of nitrogens with zero attached hydrogens (tertiary/aromatic N) is 5. The Balaban J connectivity index is 1.08. The Bertz CT molecular complexity index is 2090. The molecule has 1 saturated heterocycles. The summed E-state index contributed by atoms with van der Waals surface area (Å²) in [6.45, 7) is 5.20. The molecular weight excluding hydrogens is 659 g/mol. The molecule has 1 saturated carbocycles. The van der Waals surface area contributed by atoms with Gasteiger partial charge in [0.05, 0.1) is 17.9 Å². The first-order valence-corrected chi connectivity index (χ1v) is 19.2. The first-order valence-electron chi connectivity index (χ1n) is 17.8. The van der Waals surface area contributed by atoms with Crippen molar-refractivity contribution in [3.8, 4) is 22.5 Å². The fraction of sp³-hybridized carbons (Fsp3) is 0.350. The second-order valence-corrected chi connectivity index (χ2v) is 14.8. The van der Waals surface area contributed by atoms with E-state index in [0.717, 1.165) is 64.7 Å². The van der Waals surface area contributed by atoms with Gasteiger partial charge in [-0.1, -0.05) is 42.5 Å². The zero-order valence-electron chi connectivity index (χ0n) is 29.1. The SMILES string of the molecule is CSCC[C@@H](C(=O)O)N(c1ccc(-c2cc3c(-c4cccc(N5CCc6cc(C7CC7)ccc6C5)c4C)ncnc3[nH]2)cc1)N1CCNC(=O)C1. The fourth-order valence-corrected chi connectivity index (χ4v) is 8.16. The Morgan fingerprint density at radius 2 is 1.88 bits per heavy atom. The van der Waals surface area contributed by atoms with E-state index in [1.165, 1.54) is 40.8 Å². The minimum absolute atomic E-state index is 0.112. The Kier molecular flexibility index (Phi) is 9.16. The van der Waals surface area contributed by atoms with Crippen molar-refractivity contribution in [3.05, 3.63) is 95.3 Å². The topological polar surface area (TPSA) is 118 Å². The Morgan fingerprint density at radius 1 is 1.04 bits per heavy atom. The summed E-state index contributed by atoms with van der Waals surface area (Å²) >= 11 is 1.61. The monoisotopic (exact) mass is 701 g/mol. The Hall–Kier alpha value is -4.87. The highest BCUT2D eigenvalue weighted by Gasteiger charge is 2.33. The van der Waals surface area contributed by atoms with Gasteiger partial charge in [-0.3, -0.25) is 9.80 Å². The van der Waals surface area contributed by atoms with Gasteiger partial charge in [-0.15, -0.1) is 0 Å². The van der Waals surface area contributed by atoms with Gasteiger partial charge in [0.15, 0.2) is 0 Å². The summed E-state index contributed by atoms with van der Waals surface area (Å²) in [5.74, 6) is 0.445. The van der Waals surface area contributed by atoms with Crippen LogP contribution < -0.4 is 15.2 Å². The van der Waals surface area contributed by atoms with Gasteiger partial charge in [-0.2, -0.15) is 11.8 Å². The van der Waals surface area contributed by atoms with Crippen molar-refractivity contribution in [2.45, 2.75) is 51.1 Å². The summed E-state index contributed by atoms with van der Waals surface area (Å²) in [7, 11) is 0. The summed E-state index contributed by atoms with van der Waals surface area (Å²) in [5.41, 5.74) is 12.2. The molecule has 0 bridgehead atoms. The van der Waals surface area contributed by atoms with Gasteiger partial charge in [0.1, 0.15) is 18.0 Å². The van der Waals surface area contributed by atoms with Gasteiger partial charge in [-0.05, 0) is 103 Å². The number of hydrogen-bond acceptors (Lipinski definition) is 8. The first kappa shape index (κ1) is 33.3. The zero-order valence-corrected chi connectivity index (χ0v) is 29.9. The molecule has 10 nitrogen and oxygen atoms in total. The second-order valence-electron chi connectivity index (χ2n) is 13.9. The maximum absolute atomic E-state index is 12.5. The second kappa shape index (κ2) is 14.0. The molecule has 3 aliphatic rings. The third-order valence-corrected chi connectivity index (χ3v) is 11.2. The van der Waals surface area contributed by atoms with Crippen LogP contribution in [-0.2, 0) is 22.6 Å². The normalized spacial score (nSPS) is 16.9. The number of piperazine rings is 1. The van der Waals surface area contributed by atoms with E-state index in [1.807, 2.05) is 35.5 Å². The molecule has 11 heteroatoms. The van der Waals surface area contributed by atoms with Crippen LogP contribution in [0.2, 0.25) is 0 Å². The first-order chi connectivity index (χ1) is 24.9. The number of amides is 1. The van der Waals surface area contributed by atoms with E-state index in [0.29, 0.717) is 25.3 Å². The molecule has 0 spiro atoms. The fourth-order valence-electron chi connectivity index (χ4n) is 7.70. The number of hydrogen-bond donors (Lipinski definition) is 3. The van der Waals surface area contributed by atoms with Gasteiger partial charge >= 0.3 is 5.97 Å². The Morgan fingerprint density at radius 3 is 2.65 bits per heavy atom. The van der Waals surface area contributed by atoms with E-state index in [4.69, 9.17) is 4.98 Å². The lowest BCUT2D eigenvalue weighted by atomic mass is 9.94. The van der Waals surface area contributed by atoms with Crippen molar-refractivity contribution in [1.29, 1.82) is 0 Å². The summed E-state index contributed by atoms with van der Waals surface area (Å²) in [6, 6.07) is 22.8. The van der Waals surface area contributed by atoms with Crippen LogP contribution in [0.4, 0.5) is 11.4 Å². The van der Waals surface area contributed by atoms with E-state index in [2.05, 4.69) is 69.6 Å². The number of fused-ring (bicyclic) bond motifs is 2. The molecule has 262 valence electrons. The molecule has 2 aliphatic heterocycles. The third-order valence-electron chi connectivity index (χ3n) is 10.6. The van der Waals surface area contributed by atoms with Crippen molar-refractivity contribution < 1.29 is 14.7 Å². The smallest absolute Gasteiger partial charge is 0.327 e. The molecule has 0 unspecified atom stereocenters. The Labute approximate surface area is 302 Å². The minimum Gasteiger partial charge on any atom is -0.480 e. The molecule has 2 fully saturated rings. The van der Waals surface area contributed by atoms with Crippen LogP contribution in [0.1, 0.15) is 47.4 Å². The van der Waals surface area contributed by atoms with Crippen LogP contribution in [0, 0.1) is 6.92 Å². The van der Waals surface area contributed by atoms with Crippen molar-refractivity contribution in [1.82, 2.24) is 25.3 Å². The summed E-state index contributed by atoms with van der Waals surface area (Å²) in [5, 5.41) is 17.7. The number of carbonyl (C=O) groups is 2. The number of carboxylic acid groups (broad SMARTS) is 1. The van der Waals surface area contributed by atoms with E-state index in [9.17, 15) is 14.7 Å². The highest BCUT2D eigenvalue weighted by atomic mass is 32.2. The van der Waals surface area contributed by atoms with Gasteiger partial charge in [-0.25, -0.2) is 19.8 Å². The predicted molar refractivity (Wildman–Crippen MR) is 204 cm³/mol. The molecule has 0 radical (unpaired) electrons. The number of aromatic nitrogens is 3. The van der Waals surface area contributed by atoms with Crippen molar-refractivity contribution in [3.63, 3.8) is 0 Å². The number of carbonyl (C=O) groups excluding carboxylic acids is 1. The standard InChI is InChI=1S/C40H43N7O3S/c1-25-32(4-3-5-35(25)45-17-14-29-20-28(26-6-7-26)8-9-30(29)22-45)38-33-21-34(44-39(33)43-24-42-38)27-10-12-31(13-11-27)47(36(40(49)50)15-19-51-2)46-18-16-41-37(48)23-46/h3-5,8-13,20-21,24,26,36H,6-7,14-19,22-23H2,1-2H3,(H,41,48)(H,49,50)(H,42,43,44)/t36-/m0/s1. The molecule has 5 aromatic rings. The van der Waals surface area contributed by atoms with Gasteiger partial charge in [0.2, 0.25) is 5.91 Å². The van der Waals surface area contributed by atoms with Crippen LogP contribution in [0.3, 0.4) is 0 Å². The number of nitrogens with one attached hydrogen (secondary N) is 2. The lowest BCUT2D eigenvalue weighted by molar-refractivity contribution is -0.140. The van der Waals surface area contributed by atoms with Gasteiger partial charge < -0.3 is 20.3 Å². The average molecular weight is 702 g/mol. The molecule has 3 aromatic carbocycles. The number of rotatable bonds is 11. The number of H-pyrrole nitrogens is 1. The van der Waals surface area contributed by atoms with E-state index >= 15 is 0 Å². The molecular formula is C40H43N7O3S. The molecule has 1 amide bonds. The summed E-state index contributed by atoms with van der Waals surface area (Å²) in [6.07, 6.45) is 7.75. The lowest BCUT2D eigenvalue weighted by Crippen LogP contribution is -2.60. The van der Waals surface area contributed by atoms with Crippen molar-refractivity contribution >= 4 is 46.0 Å². The van der Waals surface area contributed by atoms with Gasteiger partial charge in [0.25, 0.3) is 0 Å². The quantitative estimate of drug-likeness (QED) is 0.144. The molecule has 2 aromatic heterocycles. The van der Waals surface area contributed by atoms with Crippen LogP contribution >= 0.6 is 11.8 Å². The number of aliphatic carboxylic acids is 1. The number of hydrazine groups is 1. The van der Waals surface area contributed by atoms with Gasteiger partial charge in [0, 0.05) is 48.5 Å². The molecule has 1 aliphatic carbocycles. The van der Waals surface area contributed by atoms with Crippen molar-refractivity contribution in [2.75, 3.05) is 48.1 Å². The van der Waals surface area contributed by atoms with Crippen LogP contribution in [0.25, 0.3) is 33.5 Å². The summed E-state index contributed by atoms with van der Waals surface area (Å²) in [4.78, 5) is 40.2. The van der Waals surface area contributed by atoms with E-state index < -0.39 is 12.0 Å². The van der Waals surface area contributed by atoms with Crippen LogP contribution in [0.5, 0.6) is 0 Å². The number of aromatic amines is 1. The molecule has 4 heterocycles. The lowest BCUT2D eigenvalue weighted by Gasteiger charge is -2.42. The minimum atomic E-state index is -0.909. The molecule has 3 N–H and O–H groups in total. The maximum atomic E-state index is 12.5. The number of anilines is 2. The van der Waals surface area contributed by atoms with E-state index in [-0.39, 0.29) is 12.5 Å². The summed E-state index contributed by atoms with van der Waals surface area (Å²) < 4.78 is 0.